The van der Waals surface area contributed by atoms with Crippen molar-refractivity contribution in [1.82, 2.24) is 5.32 Å². The fraction of sp³-hybridized carbons (Fsp3) is 0.385. The minimum absolute atomic E-state index is 0.121. The molecule has 0 aromatic heterocycles. The lowest BCUT2D eigenvalue weighted by molar-refractivity contribution is -0.140. The lowest BCUT2D eigenvalue weighted by atomic mass is 10.2. The van der Waals surface area contributed by atoms with Crippen LogP contribution in [0.4, 0.5) is 10.5 Å². The fourth-order valence-electron chi connectivity index (χ4n) is 1.79. The molecule has 1 atom stereocenters. The molecular weight excluding hydrogens is 280 g/mol. The molecule has 0 spiro atoms. The standard InChI is InChI=1S/C13H16N2O6/c1-19-7-9(12(16)17)15-13(18)14-8-2-3-10-11(6-8)21-5-4-20-10/h2-3,6,9H,4-5,7H2,1H3,(H,16,17)(H2,14,15,18). The molecule has 0 fully saturated rings. The first kappa shape index (κ1) is 14.9. The van der Waals surface area contributed by atoms with Crippen LogP contribution in [0.15, 0.2) is 18.2 Å². The van der Waals surface area contributed by atoms with Gasteiger partial charge in [0, 0.05) is 18.9 Å². The monoisotopic (exact) mass is 296 g/mol. The third-order valence-corrected chi connectivity index (χ3v) is 2.74. The lowest BCUT2D eigenvalue weighted by Gasteiger charge is -2.19. The van der Waals surface area contributed by atoms with Crippen molar-refractivity contribution in [3.63, 3.8) is 0 Å². The van der Waals surface area contributed by atoms with E-state index in [2.05, 4.69) is 10.6 Å². The zero-order chi connectivity index (χ0) is 15.2. The van der Waals surface area contributed by atoms with Gasteiger partial charge in [-0.3, -0.25) is 0 Å². The second-order valence-corrected chi connectivity index (χ2v) is 4.30. The van der Waals surface area contributed by atoms with Gasteiger partial charge >= 0.3 is 12.0 Å². The number of fused-ring (bicyclic) bond motifs is 1. The Morgan fingerprint density at radius 1 is 1.33 bits per heavy atom. The Labute approximate surface area is 121 Å². The zero-order valence-electron chi connectivity index (χ0n) is 11.4. The van der Waals surface area contributed by atoms with Gasteiger partial charge in [0.25, 0.3) is 0 Å². The van der Waals surface area contributed by atoms with Crippen LogP contribution in [0.3, 0.4) is 0 Å². The number of carboxylic acids is 1. The summed E-state index contributed by atoms with van der Waals surface area (Å²) in [5.41, 5.74) is 0.471. The quantitative estimate of drug-likeness (QED) is 0.737. The molecule has 1 heterocycles. The molecule has 0 radical (unpaired) electrons. The van der Waals surface area contributed by atoms with Gasteiger partial charge in [-0.05, 0) is 12.1 Å². The van der Waals surface area contributed by atoms with Crippen molar-refractivity contribution in [3.8, 4) is 11.5 Å². The number of urea groups is 1. The molecule has 0 saturated carbocycles. The Balaban J connectivity index is 1.97. The van der Waals surface area contributed by atoms with Gasteiger partial charge in [-0.25, -0.2) is 9.59 Å². The van der Waals surface area contributed by atoms with Crippen molar-refractivity contribution in [2.24, 2.45) is 0 Å². The first-order chi connectivity index (χ1) is 10.1. The molecule has 1 aromatic rings. The summed E-state index contributed by atoms with van der Waals surface area (Å²) in [5, 5.41) is 13.7. The van der Waals surface area contributed by atoms with E-state index in [9.17, 15) is 9.59 Å². The number of carbonyl (C=O) groups is 2. The molecular formula is C13H16N2O6. The molecule has 1 unspecified atom stereocenters. The maximum Gasteiger partial charge on any atom is 0.328 e. The summed E-state index contributed by atoms with van der Waals surface area (Å²) in [6, 6.07) is 3.16. The number of carboxylic acid groups (broad SMARTS) is 1. The van der Waals surface area contributed by atoms with Crippen LogP contribution in [-0.4, -0.2) is 50.1 Å². The number of hydrogen-bond acceptors (Lipinski definition) is 5. The van der Waals surface area contributed by atoms with E-state index in [1.54, 1.807) is 18.2 Å². The van der Waals surface area contributed by atoms with Crippen molar-refractivity contribution < 1.29 is 28.9 Å². The highest BCUT2D eigenvalue weighted by Crippen LogP contribution is 2.32. The number of ether oxygens (including phenoxy) is 3. The van der Waals surface area contributed by atoms with Gasteiger partial charge in [-0.1, -0.05) is 0 Å². The van der Waals surface area contributed by atoms with E-state index in [1.807, 2.05) is 0 Å². The molecule has 0 saturated heterocycles. The molecule has 8 nitrogen and oxygen atoms in total. The molecule has 21 heavy (non-hydrogen) atoms. The molecule has 1 aromatic carbocycles. The summed E-state index contributed by atoms with van der Waals surface area (Å²) in [5.74, 6) is -0.0325. The molecule has 8 heteroatoms. The van der Waals surface area contributed by atoms with Crippen LogP contribution >= 0.6 is 0 Å². The van der Waals surface area contributed by atoms with E-state index < -0.39 is 18.0 Å². The van der Waals surface area contributed by atoms with Gasteiger partial charge < -0.3 is 30.0 Å². The van der Waals surface area contributed by atoms with Crippen LogP contribution in [0, 0.1) is 0 Å². The predicted molar refractivity (Wildman–Crippen MR) is 72.9 cm³/mol. The number of benzene rings is 1. The van der Waals surface area contributed by atoms with Gasteiger partial charge in [0.2, 0.25) is 0 Å². The number of hydrogen-bond donors (Lipinski definition) is 3. The Morgan fingerprint density at radius 2 is 2.05 bits per heavy atom. The summed E-state index contributed by atoms with van der Waals surface area (Å²) in [6.07, 6.45) is 0. The van der Waals surface area contributed by atoms with Crippen molar-refractivity contribution >= 4 is 17.7 Å². The van der Waals surface area contributed by atoms with Gasteiger partial charge in [-0.2, -0.15) is 0 Å². The lowest BCUT2D eigenvalue weighted by Crippen LogP contribution is -2.45. The summed E-state index contributed by atoms with van der Waals surface area (Å²) >= 11 is 0. The highest BCUT2D eigenvalue weighted by molar-refractivity contribution is 5.92. The van der Waals surface area contributed by atoms with E-state index in [1.165, 1.54) is 7.11 Å². The first-order valence-corrected chi connectivity index (χ1v) is 6.29. The van der Waals surface area contributed by atoms with Crippen LogP contribution in [0.5, 0.6) is 11.5 Å². The summed E-state index contributed by atoms with van der Waals surface area (Å²) < 4.78 is 15.5. The average Bonchev–Trinajstić information content (AvgIpc) is 2.46. The number of methoxy groups -OCH3 is 1. The maximum absolute atomic E-state index is 11.8. The average molecular weight is 296 g/mol. The normalized spacial score (nSPS) is 14.1. The third-order valence-electron chi connectivity index (χ3n) is 2.74. The minimum atomic E-state index is -1.17. The molecule has 3 N–H and O–H groups in total. The minimum Gasteiger partial charge on any atom is -0.486 e. The van der Waals surface area contributed by atoms with E-state index in [0.29, 0.717) is 30.4 Å². The van der Waals surface area contributed by atoms with E-state index in [0.717, 1.165) is 0 Å². The third kappa shape index (κ3) is 3.99. The van der Waals surface area contributed by atoms with Crippen molar-refractivity contribution in [1.29, 1.82) is 0 Å². The first-order valence-electron chi connectivity index (χ1n) is 6.29. The van der Waals surface area contributed by atoms with Crippen LogP contribution in [-0.2, 0) is 9.53 Å². The second-order valence-electron chi connectivity index (χ2n) is 4.30. The largest absolute Gasteiger partial charge is 0.486 e. The molecule has 0 aliphatic carbocycles. The maximum atomic E-state index is 11.8. The van der Waals surface area contributed by atoms with Gasteiger partial charge in [0.05, 0.1) is 6.61 Å². The van der Waals surface area contributed by atoms with E-state index in [-0.39, 0.29) is 6.61 Å². The molecule has 1 aliphatic rings. The Hall–Kier alpha value is -2.48. The topological polar surface area (TPSA) is 106 Å². The molecule has 114 valence electrons. The van der Waals surface area contributed by atoms with Crippen molar-refractivity contribution in [2.75, 3.05) is 32.2 Å². The van der Waals surface area contributed by atoms with Gasteiger partial charge in [0.15, 0.2) is 17.5 Å². The summed E-state index contributed by atoms with van der Waals surface area (Å²) in [7, 11) is 1.36. The molecule has 1 aliphatic heterocycles. The van der Waals surface area contributed by atoms with Gasteiger partial charge in [-0.15, -0.1) is 0 Å². The van der Waals surface area contributed by atoms with Crippen LogP contribution < -0.4 is 20.1 Å². The number of aliphatic carboxylic acids is 1. The molecule has 0 bridgehead atoms. The van der Waals surface area contributed by atoms with Crippen LogP contribution in [0.2, 0.25) is 0 Å². The number of amides is 2. The number of nitrogens with one attached hydrogen (secondary N) is 2. The number of carbonyl (C=O) groups excluding carboxylic acids is 1. The zero-order valence-corrected chi connectivity index (χ0v) is 11.4. The van der Waals surface area contributed by atoms with E-state index >= 15 is 0 Å². The van der Waals surface area contributed by atoms with Crippen molar-refractivity contribution in [2.45, 2.75) is 6.04 Å². The predicted octanol–water partition coefficient (Wildman–Crippen LogP) is 0.679. The summed E-state index contributed by atoms with van der Waals surface area (Å²) in [6.45, 7) is 0.805. The smallest absolute Gasteiger partial charge is 0.328 e. The SMILES string of the molecule is COCC(NC(=O)Nc1ccc2c(c1)OCCO2)C(=O)O. The van der Waals surface area contributed by atoms with Crippen molar-refractivity contribution in [3.05, 3.63) is 18.2 Å². The molecule has 2 amide bonds. The highest BCUT2D eigenvalue weighted by Gasteiger charge is 2.20. The van der Waals surface area contributed by atoms with Crippen LogP contribution in [0.1, 0.15) is 0 Å². The van der Waals surface area contributed by atoms with Gasteiger partial charge in [0.1, 0.15) is 13.2 Å². The summed E-state index contributed by atoms with van der Waals surface area (Å²) in [4.78, 5) is 22.7. The van der Waals surface area contributed by atoms with E-state index in [4.69, 9.17) is 19.3 Å². The van der Waals surface area contributed by atoms with Crippen LogP contribution in [0.25, 0.3) is 0 Å². The number of rotatable bonds is 5. The Morgan fingerprint density at radius 3 is 2.71 bits per heavy atom. The fourth-order valence-corrected chi connectivity index (χ4v) is 1.79. The Bertz CT molecular complexity index is 533. The molecule has 2 rings (SSSR count). The second kappa shape index (κ2) is 6.80. The number of anilines is 1. The Kier molecular flexibility index (Phi) is 4.83. The highest BCUT2D eigenvalue weighted by atomic mass is 16.6.